The molecular formula is C12H19ClN2O. The van der Waals surface area contributed by atoms with Gasteiger partial charge in [-0.15, -0.1) is 11.6 Å². The minimum absolute atomic E-state index is 0.0253. The van der Waals surface area contributed by atoms with E-state index in [-0.39, 0.29) is 11.8 Å². The van der Waals surface area contributed by atoms with Crippen LogP contribution in [0.4, 0.5) is 0 Å². The summed E-state index contributed by atoms with van der Waals surface area (Å²) in [5.41, 5.74) is 0. The van der Waals surface area contributed by atoms with Gasteiger partial charge >= 0.3 is 0 Å². The molecule has 0 aromatic rings. The Bertz CT molecular complexity index is 267. The summed E-state index contributed by atoms with van der Waals surface area (Å²) in [6, 6.07) is 2.39. The first-order valence-corrected chi connectivity index (χ1v) is 6.44. The number of carbonyl (C=O) groups is 1. The molecule has 1 fully saturated rings. The van der Waals surface area contributed by atoms with Crippen LogP contribution in [0.3, 0.4) is 0 Å². The van der Waals surface area contributed by atoms with E-state index >= 15 is 0 Å². The van der Waals surface area contributed by atoms with Crippen LogP contribution in [-0.4, -0.2) is 29.3 Å². The molecule has 90 valence electrons. The fourth-order valence-corrected chi connectivity index (χ4v) is 2.47. The third kappa shape index (κ3) is 3.68. The van der Waals surface area contributed by atoms with Crippen LogP contribution in [0, 0.1) is 17.2 Å². The molecule has 0 unspecified atom stereocenters. The van der Waals surface area contributed by atoms with Gasteiger partial charge in [-0.2, -0.15) is 5.26 Å². The molecule has 1 saturated carbocycles. The first-order valence-electron chi connectivity index (χ1n) is 5.91. The Hall–Kier alpha value is -0.750. The standard InChI is InChI=1S/C12H19ClN2O/c1-10-3-5-11(6-4-10)15(8-2-7-14)12(16)9-13/h10-11H,2-6,8-9H2,1H3. The minimum atomic E-state index is -0.0310. The highest BCUT2D eigenvalue weighted by atomic mass is 35.5. The summed E-state index contributed by atoms with van der Waals surface area (Å²) < 4.78 is 0. The lowest BCUT2D eigenvalue weighted by atomic mass is 9.86. The molecule has 0 radical (unpaired) electrons. The van der Waals surface area contributed by atoms with E-state index in [0.29, 0.717) is 19.0 Å². The minimum Gasteiger partial charge on any atom is -0.338 e. The largest absolute Gasteiger partial charge is 0.338 e. The van der Waals surface area contributed by atoms with E-state index in [2.05, 4.69) is 13.0 Å². The van der Waals surface area contributed by atoms with Crippen molar-refractivity contribution in [2.45, 2.75) is 45.1 Å². The molecule has 0 N–H and O–H groups in total. The van der Waals surface area contributed by atoms with Gasteiger partial charge in [0, 0.05) is 12.6 Å². The molecule has 0 heterocycles. The average Bonchev–Trinajstić information content (AvgIpc) is 2.31. The Morgan fingerprint density at radius 3 is 2.56 bits per heavy atom. The molecule has 0 atom stereocenters. The van der Waals surface area contributed by atoms with Gasteiger partial charge in [0.25, 0.3) is 0 Å². The van der Waals surface area contributed by atoms with Gasteiger partial charge in [0.1, 0.15) is 5.88 Å². The molecule has 0 aromatic carbocycles. The van der Waals surface area contributed by atoms with Gasteiger partial charge < -0.3 is 4.90 Å². The van der Waals surface area contributed by atoms with E-state index in [0.717, 1.165) is 18.8 Å². The molecule has 1 amide bonds. The topological polar surface area (TPSA) is 44.1 Å². The predicted molar refractivity (Wildman–Crippen MR) is 64.1 cm³/mol. The van der Waals surface area contributed by atoms with E-state index in [1.54, 1.807) is 0 Å². The summed E-state index contributed by atoms with van der Waals surface area (Å²) in [4.78, 5) is 13.5. The maximum Gasteiger partial charge on any atom is 0.237 e. The Morgan fingerprint density at radius 2 is 2.06 bits per heavy atom. The number of rotatable bonds is 4. The van der Waals surface area contributed by atoms with Crippen LogP contribution in [0.25, 0.3) is 0 Å². The highest BCUT2D eigenvalue weighted by Gasteiger charge is 2.26. The Kier molecular flexibility index (Phi) is 5.62. The van der Waals surface area contributed by atoms with Crippen LogP contribution in [0.15, 0.2) is 0 Å². The SMILES string of the molecule is CC1CCC(N(CCC#N)C(=O)CCl)CC1. The van der Waals surface area contributed by atoms with Crippen molar-refractivity contribution >= 4 is 17.5 Å². The summed E-state index contributed by atoms with van der Waals surface area (Å²) in [6.45, 7) is 2.78. The maximum atomic E-state index is 11.7. The van der Waals surface area contributed by atoms with Gasteiger partial charge in [0.15, 0.2) is 0 Å². The van der Waals surface area contributed by atoms with Crippen molar-refractivity contribution in [2.24, 2.45) is 5.92 Å². The number of nitriles is 1. The van der Waals surface area contributed by atoms with Gasteiger partial charge in [-0.25, -0.2) is 0 Å². The van der Waals surface area contributed by atoms with Crippen LogP contribution in [0.5, 0.6) is 0 Å². The number of alkyl halides is 1. The second-order valence-electron chi connectivity index (χ2n) is 4.54. The van der Waals surface area contributed by atoms with Crippen molar-refractivity contribution in [1.82, 2.24) is 4.90 Å². The summed E-state index contributed by atoms with van der Waals surface area (Å²) in [7, 11) is 0. The number of amides is 1. The highest BCUT2D eigenvalue weighted by Crippen LogP contribution is 2.27. The second kappa shape index (κ2) is 6.75. The number of nitrogens with zero attached hydrogens (tertiary/aromatic N) is 2. The first-order chi connectivity index (χ1) is 7.69. The molecule has 1 aliphatic carbocycles. The third-order valence-electron chi connectivity index (χ3n) is 3.33. The smallest absolute Gasteiger partial charge is 0.237 e. The zero-order valence-electron chi connectivity index (χ0n) is 9.79. The predicted octanol–water partition coefficient (Wildman–Crippen LogP) is 2.55. The quantitative estimate of drug-likeness (QED) is 0.711. The zero-order valence-corrected chi connectivity index (χ0v) is 10.5. The van der Waals surface area contributed by atoms with Crippen molar-refractivity contribution in [3.05, 3.63) is 0 Å². The van der Waals surface area contributed by atoms with Gasteiger partial charge in [-0.3, -0.25) is 4.79 Å². The number of carbonyl (C=O) groups excluding carboxylic acids is 1. The van der Waals surface area contributed by atoms with E-state index in [1.807, 2.05) is 4.90 Å². The number of hydrogen-bond acceptors (Lipinski definition) is 2. The number of hydrogen-bond donors (Lipinski definition) is 0. The lowest BCUT2D eigenvalue weighted by molar-refractivity contribution is -0.131. The van der Waals surface area contributed by atoms with Crippen molar-refractivity contribution in [3.8, 4) is 6.07 Å². The van der Waals surface area contributed by atoms with Gasteiger partial charge in [0.05, 0.1) is 12.5 Å². The lowest BCUT2D eigenvalue weighted by Gasteiger charge is -2.35. The molecule has 0 saturated heterocycles. The normalized spacial score (nSPS) is 24.8. The first kappa shape index (κ1) is 13.3. The third-order valence-corrected chi connectivity index (χ3v) is 3.55. The lowest BCUT2D eigenvalue weighted by Crippen LogP contribution is -2.43. The number of halogens is 1. The second-order valence-corrected chi connectivity index (χ2v) is 4.81. The molecule has 16 heavy (non-hydrogen) atoms. The van der Waals surface area contributed by atoms with E-state index < -0.39 is 0 Å². The molecule has 3 nitrogen and oxygen atoms in total. The molecule has 1 rings (SSSR count). The van der Waals surface area contributed by atoms with Crippen LogP contribution >= 0.6 is 11.6 Å². The van der Waals surface area contributed by atoms with Gasteiger partial charge in [-0.1, -0.05) is 6.92 Å². The van der Waals surface area contributed by atoms with E-state index in [1.165, 1.54) is 12.8 Å². The Labute approximate surface area is 102 Å². The summed E-state index contributed by atoms with van der Waals surface area (Å²) >= 11 is 5.60. The summed E-state index contributed by atoms with van der Waals surface area (Å²) in [6.07, 6.45) is 4.84. The molecule has 0 bridgehead atoms. The van der Waals surface area contributed by atoms with Gasteiger partial charge in [0.2, 0.25) is 5.91 Å². The fraction of sp³-hybridized carbons (Fsp3) is 0.833. The van der Waals surface area contributed by atoms with Crippen LogP contribution in [0.1, 0.15) is 39.0 Å². The van der Waals surface area contributed by atoms with E-state index in [4.69, 9.17) is 16.9 Å². The zero-order chi connectivity index (χ0) is 12.0. The van der Waals surface area contributed by atoms with Crippen LogP contribution in [0.2, 0.25) is 0 Å². The average molecular weight is 243 g/mol. The van der Waals surface area contributed by atoms with Crippen molar-refractivity contribution in [2.75, 3.05) is 12.4 Å². The maximum absolute atomic E-state index is 11.7. The highest BCUT2D eigenvalue weighted by molar-refractivity contribution is 6.27. The van der Waals surface area contributed by atoms with E-state index in [9.17, 15) is 4.79 Å². The molecule has 0 spiro atoms. The monoisotopic (exact) mass is 242 g/mol. The van der Waals surface area contributed by atoms with Crippen LogP contribution in [-0.2, 0) is 4.79 Å². The molecule has 4 heteroatoms. The fourth-order valence-electron chi connectivity index (χ4n) is 2.31. The molecule has 0 aliphatic heterocycles. The molecule has 1 aliphatic rings. The van der Waals surface area contributed by atoms with Crippen molar-refractivity contribution in [1.29, 1.82) is 5.26 Å². The van der Waals surface area contributed by atoms with Gasteiger partial charge in [-0.05, 0) is 31.6 Å². The summed E-state index contributed by atoms with van der Waals surface area (Å²) in [5, 5.41) is 8.59. The Morgan fingerprint density at radius 1 is 1.44 bits per heavy atom. The van der Waals surface area contributed by atoms with Crippen molar-refractivity contribution in [3.63, 3.8) is 0 Å². The molecular weight excluding hydrogens is 224 g/mol. The Balaban J connectivity index is 2.54. The van der Waals surface area contributed by atoms with Crippen molar-refractivity contribution < 1.29 is 4.79 Å². The molecule has 0 aromatic heterocycles. The summed E-state index contributed by atoms with van der Waals surface area (Å²) in [5.74, 6) is 0.758. The van der Waals surface area contributed by atoms with Crippen LogP contribution < -0.4 is 0 Å².